The van der Waals surface area contributed by atoms with Crippen molar-refractivity contribution in [1.82, 2.24) is 9.88 Å². The van der Waals surface area contributed by atoms with Gasteiger partial charge in [0.15, 0.2) is 0 Å². The van der Waals surface area contributed by atoms with E-state index in [9.17, 15) is 9.59 Å². The summed E-state index contributed by atoms with van der Waals surface area (Å²) in [5.74, 6) is -0.524. The molecule has 1 aromatic carbocycles. The van der Waals surface area contributed by atoms with Crippen molar-refractivity contribution < 1.29 is 9.59 Å². The van der Waals surface area contributed by atoms with E-state index in [0.29, 0.717) is 5.69 Å². The van der Waals surface area contributed by atoms with Crippen LogP contribution in [0.2, 0.25) is 0 Å². The number of amides is 2. The number of nitrogens with zero attached hydrogens (tertiary/aromatic N) is 1. The summed E-state index contributed by atoms with van der Waals surface area (Å²) in [6.07, 6.45) is 5.33. The zero-order valence-corrected chi connectivity index (χ0v) is 12.3. The summed E-state index contributed by atoms with van der Waals surface area (Å²) in [5, 5.41) is 0.924. The van der Waals surface area contributed by atoms with Crippen LogP contribution < -0.4 is 5.73 Å². The van der Waals surface area contributed by atoms with Crippen LogP contribution in [0.5, 0.6) is 0 Å². The lowest BCUT2D eigenvalue weighted by molar-refractivity contribution is -0.123. The Morgan fingerprint density at radius 3 is 2.64 bits per heavy atom. The second-order valence-corrected chi connectivity index (χ2v) is 6.27. The number of para-hydroxylation sites is 1. The predicted octanol–water partition coefficient (Wildman–Crippen LogP) is 2.48. The molecule has 114 valence electrons. The molecular formula is C17H19N3O2. The highest BCUT2D eigenvalue weighted by Crippen LogP contribution is 2.42. The lowest BCUT2D eigenvalue weighted by Crippen LogP contribution is -2.44. The zero-order valence-electron chi connectivity index (χ0n) is 12.3. The molecule has 1 saturated carbocycles. The highest BCUT2D eigenvalue weighted by atomic mass is 16.2. The van der Waals surface area contributed by atoms with Crippen LogP contribution in [0.4, 0.5) is 0 Å². The minimum absolute atomic E-state index is 0.0816. The quantitative estimate of drug-likeness (QED) is 0.893. The topological polar surface area (TPSA) is 79.2 Å². The summed E-state index contributed by atoms with van der Waals surface area (Å²) in [5.41, 5.74) is 7.86. The molecule has 1 unspecified atom stereocenters. The fraction of sp³-hybridized carbons (Fsp3) is 0.412. The third-order valence-electron chi connectivity index (χ3n) is 4.98. The van der Waals surface area contributed by atoms with Gasteiger partial charge in [-0.1, -0.05) is 37.5 Å². The van der Waals surface area contributed by atoms with Crippen molar-refractivity contribution in [3.05, 3.63) is 35.5 Å². The van der Waals surface area contributed by atoms with Gasteiger partial charge in [-0.15, -0.1) is 0 Å². The first-order valence-electron chi connectivity index (χ1n) is 7.91. The zero-order chi connectivity index (χ0) is 15.3. The molecule has 0 bridgehead atoms. The van der Waals surface area contributed by atoms with Crippen molar-refractivity contribution in [2.45, 2.75) is 44.2 Å². The van der Waals surface area contributed by atoms with Gasteiger partial charge >= 0.3 is 0 Å². The summed E-state index contributed by atoms with van der Waals surface area (Å²) in [6, 6.07) is 7.18. The molecule has 22 heavy (non-hydrogen) atoms. The van der Waals surface area contributed by atoms with Crippen molar-refractivity contribution in [3.63, 3.8) is 0 Å². The van der Waals surface area contributed by atoms with E-state index in [4.69, 9.17) is 5.73 Å². The van der Waals surface area contributed by atoms with E-state index in [1.54, 1.807) is 4.90 Å². The normalized spacial score (nSPS) is 22.3. The number of aromatic nitrogens is 1. The fourth-order valence-electron chi connectivity index (χ4n) is 4.02. The number of fused-ring (bicyclic) bond motifs is 3. The van der Waals surface area contributed by atoms with Gasteiger partial charge in [0, 0.05) is 22.5 Å². The van der Waals surface area contributed by atoms with Crippen LogP contribution in [0.1, 0.15) is 54.2 Å². The molecule has 5 nitrogen and oxygen atoms in total. The minimum Gasteiger partial charge on any atom is -0.368 e. The Hall–Kier alpha value is -2.30. The molecule has 0 spiro atoms. The van der Waals surface area contributed by atoms with Gasteiger partial charge in [0.2, 0.25) is 5.91 Å². The average molecular weight is 297 g/mol. The van der Waals surface area contributed by atoms with Crippen LogP contribution in [0.15, 0.2) is 24.3 Å². The first kappa shape index (κ1) is 13.4. The summed E-state index contributed by atoms with van der Waals surface area (Å²) in [6.45, 7) is 0. The Labute approximate surface area is 128 Å². The third-order valence-corrected chi connectivity index (χ3v) is 4.98. The molecule has 1 fully saturated rings. The number of hydrogen-bond acceptors (Lipinski definition) is 2. The van der Waals surface area contributed by atoms with Gasteiger partial charge in [0.1, 0.15) is 11.7 Å². The second-order valence-electron chi connectivity index (χ2n) is 6.27. The molecule has 4 rings (SSSR count). The van der Waals surface area contributed by atoms with Gasteiger partial charge in [-0.2, -0.15) is 0 Å². The number of benzene rings is 1. The monoisotopic (exact) mass is 297 g/mol. The van der Waals surface area contributed by atoms with E-state index in [1.807, 2.05) is 24.3 Å². The Morgan fingerprint density at radius 1 is 1.18 bits per heavy atom. The molecule has 3 N–H and O–H groups in total. The Bertz CT molecular complexity index is 758. The van der Waals surface area contributed by atoms with E-state index < -0.39 is 11.9 Å². The first-order chi connectivity index (χ1) is 10.7. The van der Waals surface area contributed by atoms with E-state index in [1.165, 1.54) is 6.42 Å². The van der Waals surface area contributed by atoms with E-state index in [2.05, 4.69) is 4.98 Å². The lowest BCUT2D eigenvalue weighted by Gasteiger charge is -2.34. The van der Waals surface area contributed by atoms with Crippen molar-refractivity contribution in [1.29, 1.82) is 0 Å². The molecule has 0 saturated heterocycles. The first-order valence-corrected chi connectivity index (χ1v) is 7.91. The largest absolute Gasteiger partial charge is 0.368 e. The number of nitrogens with one attached hydrogen (secondary N) is 1. The summed E-state index contributed by atoms with van der Waals surface area (Å²) >= 11 is 0. The SMILES string of the molecule is NC(=O)C1c2c([nH]c3ccccc23)C(=O)N1C1CCCCC1. The highest BCUT2D eigenvalue weighted by Gasteiger charge is 2.46. The molecule has 2 heterocycles. The van der Waals surface area contributed by atoms with Gasteiger partial charge in [0.05, 0.1) is 0 Å². The van der Waals surface area contributed by atoms with Crippen LogP contribution in [-0.2, 0) is 4.79 Å². The number of H-pyrrole nitrogens is 1. The highest BCUT2D eigenvalue weighted by molar-refractivity contribution is 6.09. The number of carbonyl (C=O) groups excluding carboxylic acids is 2. The van der Waals surface area contributed by atoms with Crippen LogP contribution in [0, 0.1) is 0 Å². The summed E-state index contributed by atoms with van der Waals surface area (Å²) in [7, 11) is 0. The number of primary amides is 1. The average Bonchev–Trinajstić information content (AvgIpc) is 3.04. The minimum atomic E-state index is -0.637. The standard InChI is InChI=1S/C17H19N3O2/c18-16(21)15-13-11-8-4-5-9-12(11)19-14(13)17(22)20(15)10-6-2-1-3-7-10/h4-5,8-10,15,19H,1-3,6-7H2,(H2,18,21). The maximum absolute atomic E-state index is 12.9. The van der Waals surface area contributed by atoms with E-state index >= 15 is 0 Å². The van der Waals surface area contributed by atoms with Crippen molar-refractivity contribution in [3.8, 4) is 0 Å². The number of hydrogen-bond donors (Lipinski definition) is 2. The molecule has 1 aliphatic carbocycles. The molecule has 1 aromatic heterocycles. The fourth-order valence-corrected chi connectivity index (χ4v) is 4.02. The summed E-state index contributed by atoms with van der Waals surface area (Å²) in [4.78, 5) is 29.9. The smallest absolute Gasteiger partial charge is 0.271 e. The number of rotatable bonds is 2. The van der Waals surface area contributed by atoms with Crippen molar-refractivity contribution >= 4 is 22.7 Å². The number of nitrogens with two attached hydrogens (primary N) is 1. The maximum atomic E-state index is 12.9. The van der Waals surface area contributed by atoms with Crippen LogP contribution in [0.25, 0.3) is 10.9 Å². The molecule has 5 heteroatoms. The third kappa shape index (κ3) is 1.78. The van der Waals surface area contributed by atoms with E-state index in [-0.39, 0.29) is 11.9 Å². The summed E-state index contributed by atoms with van der Waals surface area (Å²) < 4.78 is 0. The maximum Gasteiger partial charge on any atom is 0.271 e. The Kier molecular flexibility index (Phi) is 2.96. The predicted molar refractivity (Wildman–Crippen MR) is 83.3 cm³/mol. The van der Waals surface area contributed by atoms with Gasteiger partial charge < -0.3 is 15.6 Å². The van der Waals surface area contributed by atoms with Gasteiger partial charge in [-0.05, 0) is 18.9 Å². The van der Waals surface area contributed by atoms with Gasteiger partial charge in [-0.25, -0.2) is 0 Å². The number of carbonyl (C=O) groups is 2. The molecule has 1 aliphatic heterocycles. The Morgan fingerprint density at radius 2 is 1.91 bits per heavy atom. The molecule has 2 aliphatic rings. The van der Waals surface area contributed by atoms with Crippen molar-refractivity contribution in [2.75, 3.05) is 0 Å². The van der Waals surface area contributed by atoms with Crippen molar-refractivity contribution in [2.24, 2.45) is 5.73 Å². The van der Waals surface area contributed by atoms with Crippen LogP contribution in [-0.4, -0.2) is 27.7 Å². The van der Waals surface area contributed by atoms with Gasteiger partial charge in [0.25, 0.3) is 5.91 Å². The molecule has 2 amide bonds. The number of aromatic amines is 1. The second kappa shape index (κ2) is 4.87. The Balaban J connectivity index is 1.85. The molecule has 0 radical (unpaired) electrons. The van der Waals surface area contributed by atoms with Crippen LogP contribution >= 0.6 is 0 Å². The van der Waals surface area contributed by atoms with Crippen LogP contribution in [0.3, 0.4) is 0 Å². The molecule has 1 atom stereocenters. The molecule has 2 aromatic rings. The lowest BCUT2D eigenvalue weighted by atomic mass is 9.93. The molecular weight excluding hydrogens is 278 g/mol. The van der Waals surface area contributed by atoms with E-state index in [0.717, 1.165) is 42.1 Å². The van der Waals surface area contributed by atoms with Gasteiger partial charge in [-0.3, -0.25) is 9.59 Å².